The smallest absolute Gasteiger partial charge is 0.0769 e. The van der Waals surface area contributed by atoms with Gasteiger partial charge in [-0.05, 0) is 63.4 Å². The highest BCUT2D eigenvalue weighted by Gasteiger charge is 2.29. The molecule has 0 amide bonds. The molecule has 0 N–H and O–H groups in total. The van der Waals surface area contributed by atoms with Gasteiger partial charge in [-0.2, -0.15) is 10.5 Å². The van der Waals surface area contributed by atoms with Gasteiger partial charge in [-0.1, -0.05) is 11.6 Å². The van der Waals surface area contributed by atoms with Crippen LogP contribution in [0.5, 0.6) is 0 Å². The highest BCUT2D eigenvalue weighted by molar-refractivity contribution is 6.30. The molecule has 0 saturated heterocycles. The van der Waals surface area contributed by atoms with Crippen LogP contribution in [0.2, 0.25) is 5.02 Å². The number of halogens is 1. The van der Waals surface area contributed by atoms with Crippen molar-refractivity contribution >= 4 is 11.6 Å². The van der Waals surface area contributed by atoms with E-state index >= 15 is 0 Å². The predicted octanol–water partition coefficient (Wildman–Crippen LogP) is 4.25. The Balaban J connectivity index is 3.82. The van der Waals surface area contributed by atoms with Crippen molar-refractivity contribution in [3.63, 3.8) is 0 Å². The van der Waals surface area contributed by atoms with E-state index in [0.29, 0.717) is 21.7 Å². The molecule has 0 spiro atoms. The number of nitriles is 2. The molecule has 0 aliphatic rings. The van der Waals surface area contributed by atoms with Gasteiger partial charge in [-0.3, -0.25) is 0 Å². The molecule has 18 heavy (non-hydrogen) atoms. The largest absolute Gasteiger partial charge is 0.197 e. The van der Waals surface area contributed by atoms with Crippen LogP contribution in [0.3, 0.4) is 0 Å². The number of rotatable bonds is 2. The van der Waals surface area contributed by atoms with Gasteiger partial charge in [0, 0.05) is 7.76 Å². The summed E-state index contributed by atoms with van der Waals surface area (Å²) in [6, 6.07) is 7.57. The van der Waals surface area contributed by atoms with Crippen molar-refractivity contribution < 1.29 is 2.74 Å². The summed E-state index contributed by atoms with van der Waals surface area (Å²) >= 11 is 6.11. The summed E-state index contributed by atoms with van der Waals surface area (Å²) in [4.78, 5) is 0. The maximum absolute atomic E-state index is 9.31. The van der Waals surface area contributed by atoms with Gasteiger partial charge in [0.05, 0.1) is 23.0 Å². The predicted molar refractivity (Wildman–Crippen MR) is 73.5 cm³/mol. The second-order valence-corrected chi connectivity index (χ2v) is 5.82. The Kier molecular flexibility index (Phi) is 2.98. The first-order valence-electron chi connectivity index (χ1n) is 6.73. The first-order valence-corrected chi connectivity index (χ1v) is 5.96. The Morgan fingerprint density at radius 1 is 1.06 bits per heavy atom. The maximum atomic E-state index is 9.31. The molecule has 0 radical (unpaired) electrons. The molecule has 0 atom stereocenters. The molecule has 0 aromatic heterocycles. The minimum Gasteiger partial charge on any atom is -0.197 e. The summed E-state index contributed by atoms with van der Waals surface area (Å²) < 4.78 is 15.6. The number of benzene rings is 1. The summed E-state index contributed by atoms with van der Waals surface area (Å²) in [6.45, 7) is 5.58. The Morgan fingerprint density at radius 3 is 1.72 bits per heavy atom. The zero-order valence-electron chi connectivity index (χ0n) is 13.0. The normalized spacial score (nSPS) is 13.6. The van der Waals surface area contributed by atoms with Crippen molar-refractivity contribution in [3.05, 3.63) is 33.8 Å². The average Bonchev–Trinajstić information content (AvgIpc) is 2.37. The van der Waals surface area contributed by atoms with Crippen molar-refractivity contribution in [2.45, 2.75) is 45.4 Å². The molecule has 1 aromatic carbocycles. The van der Waals surface area contributed by atoms with Crippen molar-refractivity contribution in [2.75, 3.05) is 0 Å². The number of hydrogen-bond donors (Lipinski definition) is 0. The minimum atomic E-state index is -1.28. The van der Waals surface area contributed by atoms with Crippen LogP contribution in [0.15, 0.2) is 12.1 Å². The van der Waals surface area contributed by atoms with Crippen LogP contribution in [0.1, 0.15) is 47.1 Å². The average molecular weight is 263 g/mol. The highest BCUT2D eigenvalue weighted by Crippen LogP contribution is 2.35. The molecule has 0 aliphatic carbocycles. The quantitative estimate of drug-likeness (QED) is 0.800. The minimum absolute atomic E-state index is 0.396. The van der Waals surface area contributed by atoms with Crippen molar-refractivity contribution in [3.8, 4) is 12.1 Å². The second-order valence-electron chi connectivity index (χ2n) is 5.39. The van der Waals surface area contributed by atoms with Crippen LogP contribution in [0.25, 0.3) is 0 Å². The first-order chi connectivity index (χ1) is 9.06. The fourth-order valence-corrected chi connectivity index (χ4v) is 1.99. The van der Waals surface area contributed by atoms with Crippen molar-refractivity contribution in [1.29, 1.82) is 10.5 Å². The Labute approximate surface area is 117 Å². The van der Waals surface area contributed by atoms with Gasteiger partial charge in [0.15, 0.2) is 0 Å². The third-order valence-electron chi connectivity index (χ3n) is 3.05. The molecule has 94 valence electrons. The lowest BCUT2D eigenvalue weighted by molar-refractivity contribution is 0.651. The third kappa shape index (κ3) is 2.50. The van der Waals surface area contributed by atoms with Crippen LogP contribution >= 0.6 is 11.6 Å². The molecule has 0 fully saturated rings. The molecule has 0 heterocycles. The SMILES string of the molecule is [2H]C([2H])c1c(C(C)(C)C#N)cc(Cl)cc1C(C)(C)C#N. The zero-order chi connectivity index (χ0) is 15.7. The fourth-order valence-electron chi connectivity index (χ4n) is 1.77. The van der Waals surface area contributed by atoms with E-state index in [1.807, 2.05) is 0 Å². The van der Waals surface area contributed by atoms with E-state index in [9.17, 15) is 10.5 Å². The van der Waals surface area contributed by atoms with Gasteiger partial charge < -0.3 is 0 Å². The summed E-state index contributed by atoms with van der Waals surface area (Å²) in [5.41, 5.74) is -0.268. The molecule has 0 unspecified atom stereocenters. The molecular weight excluding hydrogens is 244 g/mol. The van der Waals surface area contributed by atoms with E-state index < -0.39 is 17.7 Å². The summed E-state index contributed by atoms with van der Waals surface area (Å²) in [7, 11) is 0. The second kappa shape index (κ2) is 4.63. The lowest BCUT2D eigenvalue weighted by Gasteiger charge is -2.26. The van der Waals surface area contributed by atoms with Crippen LogP contribution in [0.4, 0.5) is 0 Å². The molecular formula is C15H17ClN2. The number of nitrogens with zero attached hydrogens (tertiary/aromatic N) is 2. The van der Waals surface area contributed by atoms with Gasteiger partial charge in [0.2, 0.25) is 0 Å². The van der Waals surface area contributed by atoms with E-state index in [2.05, 4.69) is 12.1 Å². The topological polar surface area (TPSA) is 47.6 Å². The monoisotopic (exact) mass is 262 g/mol. The summed E-state index contributed by atoms with van der Waals surface area (Å²) in [5.74, 6) is 0. The molecule has 1 aromatic rings. The van der Waals surface area contributed by atoms with Crippen molar-refractivity contribution in [2.24, 2.45) is 0 Å². The van der Waals surface area contributed by atoms with E-state index in [1.54, 1.807) is 39.8 Å². The lowest BCUT2D eigenvalue weighted by Crippen LogP contribution is -2.21. The van der Waals surface area contributed by atoms with Crippen molar-refractivity contribution in [1.82, 2.24) is 0 Å². The lowest BCUT2D eigenvalue weighted by atomic mass is 9.76. The fraction of sp³-hybridized carbons (Fsp3) is 0.467. The summed E-state index contributed by atoms with van der Waals surface area (Å²) in [5, 5.41) is 19.0. The Morgan fingerprint density at radius 2 is 1.44 bits per heavy atom. The van der Waals surface area contributed by atoms with Crippen LogP contribution in [0, 0.1) is 29.5 Å². The molecule has 0 aliphatic heterocycles. The van der Waals surface area contributed by atoms with Gasteiger partial charge in [-0.15, -0.1) is 0 Å². The first kappa shape index (κ1) is 11.6. The molecule has 3 heteroatoms. The van der Waals surface area contributed by atoms with E-state index in [4.69, 9.17) is 14.3 Å². The maximum Gasteiger partial charge on any atom is 0.0769 e. The zero-order valence-corrected chi connectivity index (χ0v) is 11.8. The van der Waals surface area contributed by atoms with E-state index in [1.165, 1.54) is 0 Å². The van der Waals surface area contributed by atoms with Gasteiger partial charge in [0.1, 0.15) is 0 Å². The third-order valence-corrected chi connectivity index (χ3v) is 3.27. The van der Waals surface area contributed by atoms with Gasteiger partial charge >= 0.3 is 0 Å². The van der Waals surface area contributed by atoms with Crippen LogP contribution in [-0.2, 0) is 10.8 Å². The number of hydrogen-bond acceptors (Lipinski definition) is 2. The van der Waals surface area contributed by atoms with Gasteiger partial charge in [0.25, 0.3) is 0 Å². The van der Waals surface area contributed by atoms with Crippen LogP contribution in [-0.4, -0.2) is 0 Å². The molecule has 1 rings (SSSR count). The highest BCUT2D eigenvalue weighted by atomic mass is 35.5. The molecule has 0 saturated carbocycles. The Bertz CT molecular complexity index is 560. The summed E-state index contributed by atoms with van der Waals surface area (Å²) in [6.07, 6.45) is 0. The van der Waals surface area contributed by atoms with Gasteiger partial charge in [-0.25, -0.2) is 0 Å². The van der Waals surface area contributed by atoms with E-state index in [0.717, 1.165) is 0 Å². The molecule has 0 bridgehead atoms. The molecule has 2 nitrogen and oxygen atoms in total. The standard InChI is InChI=1S/C15H17ClN2/c1-10-12(14(2,3)8-17)6-11(16)7-13(10)15(4,5)9-18/h6-7H,1-5H3/i1D2. The van der Waals surface area contributed by atoms with Crippen LogP contribution < -0.4 is 0 Å². The Hall–Kier alpha value is -1.51. The van der Waals surface area contributed by atoms with E-state index in [-0.39, 0.29) is 0 Å².